The van der Waals surface area contributed by atoms with Crippen molar-refractivity contribution in [2.45, 2.75) is 66.5 Å². The molecule has 0 spiro atoms. The molecule has 0 aliphatic heterocycles. The normalized spacial score (nSPS) is 13.7. The van der Waals surface area contributed by atoms with Crippen LogP contribution in [0.3, 0.4) is 0 Å². The van der Waals surface area contributed by atoms with Gasteiger partial charge in [0.2, 0.25) is 5.89 Å². The first-order valence-electron chi connectivity index (χ1n) is 7.60. The molecule has 1 heterocycles. The quantitative estimate of drug-likeness (QED) is 0.706. The largest absolute Gasteiger partial charge is 0.373 e. The Hall–Kier alpha value is -0.940. The summed E-state index contributed by atoms with van der Waals surface area (Å²) in [5.41, 5.74) is 0.155. The highest BCUT2D eigenvalue weighted by Gasteiger charge is 2.26. The Bertz CT molecular complexity index is 371. The summed E-state index contributed by atoms with van der Waals surface area (Å²) in [5.74, 6) is 1.32. The fourth-order valence-electron chi connectivity index (χ4n) is 1.92. The molecule has 1 rings (SSSR count). The van der Waals surface area contributed by atoms with Crippen LogP contribution < -0.4 is 5.32 Å². The van der Waals surface area contributed by atoms with Crippen LogP contribution in [-0.2, 0) is 17.8 Å². The maximum absolute atomic E-state index is 5.42. The van der Waals surface area contributed by atoms with Crippen molar-refractivity contribution in [1.82, 2.24) is 15.5 Å². The third kappa shape index (κ3) is 6.01. The molecule has 1 N–H and O–H groups in total. The van der Waals surface area contributed by atoms with Gasteiger partial charge in [0.15, 0.2) is 5.82 Å². The molecule has 0 aromatic carbocycles. The Morgan fingerprint density at radius 3 is 2.60 bits per heavy atom. The smallest absolute Gasteiger partial charge is 0.228 e. The molecule has 20 heavy (non-hydrogen) atoms. The minimum absolute atomic E-state index is 0.155. The van der Waals surface area contributed by atoms with E-state index >= 15 is 0 Å². The fraction of sp³-hybridized carbons (Fsp3) is 0.867. The summed E-state index contributed by atoms with van der Waals surface area (Å²) in [6, 6.07) is 0.326. The minimum Gasteiger partial charge on any atom is -0.373 e. The van der Waals surface area contributed by atoms with Gasteiger partial charge in [-0.05, 0) is 24.8 Å². The highest BCUT2D eigenvalue weighted by atomic mass is 16.5. The van der Waals surface area contributed by atoms with Crippen molar-refractivity contribution < 1.29 is 9.26 Å². The lowest BCUT2D eigenvalue weighted by atomic mass is 9.84. The number of ether oxygens (including phenoxy) is 1. The number of rotatable bonds is 9. The standard InChI is InChI=1S/C15H29N3O2/c1-6-8-16-12(15(3,4)5)10-14-17-13(18-20-14)11-19-9-7-2/h12,16H,6-11H2,1-5H3. The monoisotopic (exact) mass is 283 g/mol. The maximum Gasteiger partial charge on any atom is 0.228 e. The second-order valence-corrected chi connectivity index (χ2v) is 6.23. The van der Waals surface area contributed by atoms with Crippen LogP contribution in [0.15, 0.2) is 4.52 Å². The van der Waals surface area contributed by atoms with Crippen LogP contribution in [0, 0.1) is 5.41 Å². The lowest BCUT2D eigenvalue weighted by molar-refractivity contribution is 0.114. The summed E-state index contributed by atoms with van der Waals surface area (Å²) in [7, 11) is 0. The molecule has 0 saturated carbocycles. The van der Waals surface area contributed by atoms with Crippen molar-refractivity contribution in [2.75, 3.05) is 13.2 Å². The Balaban J connectivity index is 2.55. The second kappa shape index (κ2) is 8.37. The van der Waals surface area contributed by atoms with Gasteiger partial charge in [0, 0.05) is 19.1 Å². The number of aromatic nitrogens is 2. The SMILES string of the molecule is CCCNC(Cc1nc(COCCC)no1)C(C)(C)C. The first-order chi connectivity index (χ1) is 9.47. The van der Waals surface area contributed by atoms with Gasteiger partial charge in [-0.3, -0.25) is 0 Å². The Kier molecular flexibility index (Phi) is 7.16. The third-order valence-electron chi connectivity index (χ3n) is 3.15. The van der Waals surface area contributed by atoms with Crippen molar-refractivity contribution in [1.29, 1.82) is 0 Å². The van der Waals surface area contributed by atoms with Crippen molar-refractivity contribution in [3.8, 4) is 0 Å². The van der Waals surface area contributed by atoms with Gasteiger partial charge in [-0.2, -0.15) is 4.98 Å². The molecule has 0 bridgehead atoms. The molecule has 116 valence electrons. The van der Waals surface area contributed by atoms with E-state index in [9.17, 15) is 0 Å². The van der Waals surface area contributed by atoms with Gasteiger partial charge >= 0.3 is 0 Å². The summed E-state index contributed by atoms with van der Waals surface area (Å²) in [6.45, 7) is 13.1. The summed E-state index contributed by atoms with van der Waals surface area (Å²) in [5, 5.41) is 7.52. The fourth-order valence-corrected chi connectivity index (χ4v) is 1.92. The van der Waals surface area contributed by atoms with E-state index in [2.05, 4.69) is 50.1 Å². The van der Waals surface area contributed by atoms with Crippen molar-refractivity contribution in [3.63, 3.8) is 0 Å². The topological polar surface area (TPSA) is 60.2 Å². The lowest BCUT2D eigenvalue weighted by Crippen LogP contribution is -2.42. The van der Waals surface area contributed by atoms with Crippen molar-refractivity contribution >= 4 is 0 Å². The van der Waals surface area contributed by atoms with Crippen LogP contribution in [-0.4, -0.2) is 29.3 Å². The highest BCUT2D eigenvalue weighted by Crippen LogP contribution is 2.22. The van der Waals surface area contributed by atoms with Gasteiger partial charge in [-0.25, -0.2) is 0 Å². The Morgan fingerprint density at radius 2 is 2.00 bits per heavy atom. The molecule has 5 heteroatoms. The summed E-state index contributed by atoms with van der Waals surface area (Å²) in [4.78, 5) is 4.40. The predicted octanol–water partition coefficient (Wildman–Crippen LogP) is 2.95. The molecular weight excluding hydrogens is 254 g/mol. The number of hydrogen-bond acceptors (Lipinski definition) is 5. The van der Waals surface area contributed by atoms with E-state index in [1.807, 2.05) is 0 Å². The number of nitrogens with one attached hydrogen (secondary N) is 1. The zero-order chi connectivity index (χ0) is 15.0. The molecule has 1 atom stereocenters. The summed E-state index contributed by atoms with van der Waals surface area (Å²) < 4.78 is 10.7. The lowest BCUT2D eigenvalue weighted by Gasteiger charge is -2.30. The van der Waals surface area contributed by atoms with E-state index in [1.165, 1.54) is 0 Å². The summed E-state index contributed by atoms with van der Waals surface area (Å²) >= 11 is 0. The average Bonchev–Trinajstić information content (AvgIpc) is 2.81. The molecule has 1 unspecified atom stereocenters. The van der Waals surface area contributed by atoms with Gasteiger partial charge in [0.25, 0.3) is 0 Å². The van der Waals surface area contributed by atoms with Gasteiger partial charge < -0.3 is 14.6 Å². The van der Waals surface area contributed by atoms with Gasteiger partial charge in [-0.1, -0.05) is 39.8 Å². The van der Waals surface area contributed by atoms with Crippen molar-refractivity contribution in [3.05, 3.63) is 11.7 Å². The number of hydrogen-bond donors (Lipinski definition) is 1. The molecule has 1 aromatic rings. The van der Waals surface area contributed by atoms with Crippen LogP contribution in [0.25, 0.3) is 0 Å². The van der Waals surface area contributed by atoms with E-state index in [0.29, 0.717) is 24.4 Å². The van der Waals surface area contributed by atoms with E-state index < -0.39 is 0 Å². The molecule has 5 nitrogen and oxygen atoms in total. The van der Waals surface area contributed by atoms with E-state index in [-0.39, 0.29) is 5.41 Å². The molecule has 0 radical (unpaired) electrons. The van der Waals surface area contributed by atoms with Gasteiger partial charge in [0.1, 0.15) is 6.61 Å². The molecular formula is C15H29N3O2. The van der Waals surface area contributed by atoms with Crippen LogP contribution in [0.2, 0.25) is 0 Å². The van der Waals surface area contributed by atoms with E-state index in [0.717, 1.165) is 32.4 Å². The molecule has 0 fully saturated rings. The Labute approximate surface area is 122 Å². The minimum atomic E-state index is 0.155. The second-order valence-electron chi connectivity index (χ2n) is 6.23. The van der Waals surface area contributed by atoms with Crippen LogP contribution >= 0.6 is 0 Å². The molecule has 0 aliphatic carbocycles. The zero-order valence-electron chi connectivity index (χ0n) is 13.5. The zero-order valence-corrected chi connectivity index (χ0v) is 13.5. The highest BCUT2D eigenvalue weighted by molar-refractivity contribution is 4.92. The van der Waals surface area contributed by atoms with Crippen LogP contribution in [0.4, 0.5) is 0 Å². The van der Waals surface area contributed by atoms with Gasteiger partial charge in [0.05, 0.1) is 0 Å². The van der Waals surface area contributed by atoms with Crippen molar-refractivity contribution in [2.24, 2.45) is 5.41 Å². The molecule has 1 aromatic heterocycles. The molecule has 0 amide bonds. The van der Waals surface area contributed by atoms with Gasteiger partial charge in [-0.15, -0.1) is 0 Å². The Morgan fingerprint density at radius 1 is 1.25 bits per heavy atom. The first kappa shape index (κ1) is 17.1. The third-order valence-corrected chi connectivity index (χ3v) is 3.15. The first-order valence-corrected chi connectivity index (χ1v) is 7.60. The van der Waals surface area contributed by atoms with E-state index in [4.69, 9.17) is 9.26 Å². The molecule has 0 saturated heterocycles. The van der Waals surface area contributed by atoms with Crippen LogP contribution in [0.5, 0.6) is 0 Å². The summed E-state index contributed by atoms with van der Waals surface area (Å²) in [6.07, 6.45) is 2.87. The molecule has 0 aliphatic rings. The number of nitrogens with zero attached hydrogens (tertiary/aromatic N) is 2. The predicted molar refractivity (Wildman–Crippen MR) is 79.5 cm³/mol. The van der Waals surface area contributed by atoms with E-state index in [1.54, 1.807) is 0 Å². The average molecular weight is 283 g/mol. The maximum atomic E-state index is 5.42. The van der Waals surface area contributed by atoms with Crippen LogP contribution in [0.1, 0.15) is 59.2 Å².